The minimum atomic E-state index is -0.987. The van der Waals surface area contributed by atoms with Gasteiger partial charge in [0.25, 0.3) is 0 Å². The second-order valence-electron chi connectivity index (χ2n) is 3.81. The minimum absolute atomic E-state index is 0. The van der Waals surface area contributed by atoms with E-state index in [0.717, 1.165) is 16.8 Å². The Balaban J connectivity index is 0.00000225. The van der Waals surface area contributed by atoms with Crippen LogP contribution in [-0.4, -0.2) is 25.2 Å². The molecule has 90 valence electrons. The van der Waals surface area contributed by atoms with Crippen molar-refractivity contribution >= 4 is 29.8 Å². The smallest absolute Gasteiger partial charge is 0.337 e. The molecule has 0 aromatic heterocycles. The van der Waals surface area contributed by atoms with Gasteiger partial charge in [-0.15, -0.1) is 12.4 Å². The van der Waals surface area contributed by atoms with Crippen LogP contribution < -0.4 is 10.6 Å². The van der Waals surface area contributed by atoms with E-state index in [4.69, 9.17) is 10.8 Å². The highest BCUT2D eigenvalue weighted by atomic mass is 35.5. The zero-order valence-corrected chi connectivity index (χ0v) is 10.7. The molecule has 4 nitrogen and oxygen atoms in total. The van der Waals surface area contributed by atoms with E-state index < -0.39 is 5.97 Å². The first-order chi connectivity index (χ1) is 6.86. The van der Waals surface area contributed by atoms with Gasteiger partial charge in [0.05, 0.1) is 5.56 Å². The van der Waals surface area contributed by atoms with E-state index in [1.807, 2.05) is 32.8 Å². The van der Waals surface area contributed by atoms with Crippen LogP contribution in [0.15, 0.2) is 6.07 Å². The molecule has 0 radical (unpaired) electrons. The number of benzene rings is 1. The fourth-order valence-electron chi connectivity index (χ4n) is 1.56. The molecule has 0 aliphatic rings. The summed E-state index contributed by atoms with van der Waals surface area (Å²) in [4.78, 5) is 12.8. The Labute approximate surface area is 101 Å². The summed E-state index contributed by atoms with van der Waals surface area (Å²) >= 11 is 0. The van der Waals surface area contributed by atoms with Crippen LogP contribution >= 0.6 is 12.4 Å². The van der Waals surface area contributed by atoms with Gasteiger partial charge in [0, 0.05) is 25.5 Å². The summed E-state index contributed by atoms with van der Waals surface area (Å²) in [5.41, 5.74) is 9.01. The van der Waals surface area contributed by atoms with Gasteiger partial charge in [-0.3, -0.25) is 0 Å². The van der Waals surface area contributed by atoms with E-state index in [2.05, 4.69) is 0 Å². The number of hydrogen-bond acceptors (Lipinski definition) is 3. The molecule has 1 rings (SSSR count). The number of anilines is 2. The number of aromatic carboxylic acids is 1. The fourth-order valence-corrected chi connectivity index (χ4v) is 1.56. The van der Waals surface area contributed by atoms with Gasteiger partial charge in [-0.25, -0.2) is 4.79 Å². The van der Waals surface area contributed by atoms with Gasteiger partial charge in [0.15, 0.2) is 0 Å². The third-order valence-corrected chi connectivity index (χ3v) is 2.63. The highest BCUT2D eigenvalue weighted by Crippen LogP contribution is 2.29. The third kappa shape index (κ3) is 2.39. The molecule has 0 amide bonds. The summed E-state index contributed by atoms with van der Waals surface area (Å²) in [7, 11) is 3.76. The Morgan fingerprint density at radius 3 is 2.19 bits per heavy atom. The number of nitrogens with zero attached hydrogens (tertiary/aromatic N) is 1. The number of carboxylic acid groups (broad SMARTS) is 1. The lowest BCUT2D eigenvalue weighted by molar-refractivity contribution is 0.0698. The van der Waals surface area contributed by atoms with Crippen LogP contribution in [0.1, 0.15) is 21.5 Å². The molecule has 0 heterocycles. The quantitative estimate of drug-likeness (QED) is 0.782. The van der Waals surface area contributed by atoms with Crippen molar-refractivity contribution in [3.8, 4) is 0 Å². The molecule has 3 N–H and O–H groups in total. The number of nitrogens with two attached hydrogens (primary N) is 1. The Morgan fingerprint density at radius 2 is 1.81 bits per heavy atom. The van der Waals surface area contributed by atoms with Crippen molar-refractivity contribution in [2.45, 2.75) is 13.8 Å². The van der Waals surface area contributed by atoms with E-state index in [0.29, 0.717) is 5.69 Å². The van der Waals surface area contributed by atoms with E-state index >= 15 is 0 Å². The number of halogens is 1. The Bertz CT molecular complexity index is 417. The number of carbonyl (C=O) groups is 1. The lowest BCUT2D eigenvalue weighted by Gasteiger charge is -2.19. The molecule has 0 saturated heterocycles. The molecule has 0 unspecified atom stereocenters. The van der Waals surface area contributed by atoms with Crippen molar-refractivity contribution in [1.29, 1.82) is 0 Å². The van der Waals surface area contributed by atoms with Gasteiger partial charge in [-0.05, 0) is 31.0 Å². The predicted molar refractivity (Wildman–Crippen MR) is 68.9 cm³/mol. The summed E-state index contributed by atoms with van der Waals surface area (Å²) in [6.07, 6.45) is 0. The third-order valence-electron chi connectivity index (χ3n) is 2.63. The summed E-state index contributed by atoms with van der Waals surface area (Å²) in [6, 6.07) is 1.61. The summed E-state index contributed by atoms with van der Waals surface area (Å²) < 4.78 is 0. The van der Waals surface area contributed by atoms with Gasteiger partial charge in [-0.2, -0.15) is 0 Å². The number of rotatable bonds is 2. The first-order valence-corrected chi connectivity index (χ1v) is 4.66. The second-order valence-corrected chi connectivity index (χ2v) is 3.81. The van der Waals surface area contributed by atoms with Crippen molar-refractivity contribution in [2.24, 2.45) is 0 Å². The van der Waals surface area contributed by atoms with Crippen LogP contribution in [0.25, 0.3) is 0 Å². The van der Waals surface area contributed by atoms with Crippen LogP contribution in [0.4, 0.5) is 11.4 Å². The largest absolute Gasteiger partial charge is 0.478 e. The Morgan fingerprint density at radius 1 is 1.31 bits per heavy atom. The molecule has 0 bridgehead atoms. The molecular weight excluding hydrogens is 228 g/mol. The molecule has 0 spiro atoms. The van der Waals surface area contributed by atoms with E-state index in [-0.39, 0.29) is 18.0 Å². The molecular formula is C11H17ClN2O2. The molecule has 0 atom stereocenters. The van der Waals surface area contributed by atoms with E-state index in [1.54, 1.807) is 6.07 Å². The molecule has 16 heavy (non-hydrogen) atoms. The summed E-state index contributed by atoms with van der Waals surface area (Å²) in [5.74, 6) is -0.987. The minimum Gasteiger partial charge on any atom is -0.478 e. The van der Waals surface area contributed by atoms with Crippen molar-refractivity contribution < 1.29 is 9.90 Å². The number of hydrogen-bond donors (Lipinski definition) is 2. The zero-order valence-electron chi connectivity index (χ0n) is 9.87. The van der Waals surface area contributed by atoms with Gasteiger partial charge < -0.3 is 15.7 Å². The number of nitrogen functional groups attached to an aromatic ring is 1. The van der Waals surface area contributed by atoms with Crippen molar-refractivity contribution in [3.63, 3.8) is 0 Å². The van der Waals surface area contributed by atoms with Gasteiger partial charge in [0.1, 0.15) is 0 Å². The average Bonchev–Trinajstić information content (AvgIpc) is 2.13. The predicted octanol–water partition coefficient (Wildman–Crippen LogP) is 2.07. The maximum atomic E-state index is 11.0. The summed E-state index contributed by atoms with van der Waals surface area (Å²) in [5, 5.41) is 8.99. The SMILES string of the molecule is Cc1c(N(C)C)cc(C(=O)O)c(N)c1C.Cl. The maximum Gasteiger partial charge on any atom is 0.337 e. The molecule has 5 heteroatoms. The molecule has 0 aliphatic carbocycles. The molecule has 0 aliphatic heterocycles. The first kappa shape index (κ1) is 14.6. The van der Waals surface area contributed by atoms with Crippen LogP contribution in [-0.2, 0) is 0 Å². The monoisotopic (exact) mass is 244 g/mol. The lowest BCUT2D eigenvalue weighted by Crippen LogP contribution is -2.14. The highest BCUT2D eigenvalue weighted by Gasteiger charge is 2.15. The van der Waals surface area contributed by atoms with Gasteiger partial charge in [0.2, 0.25) is 0 Å². The van der Waals surface area contributed by atoms with Crippen LogP contribution in [0.3, 0.4) is 0 Å². The molecule has 1 aromatic rings. The van der Waals surface area contributed by atoms with Crippen molar-refractivity contribution in [2.75, 3.05) is 24.7 Å². The van der Waals surface area contributed by atoms with Crippen LogP contribution in [0.2, 0.25) is 0 Å². The van der Waals surface area contributed by atoms with E-state index in [1.165, 1.54) is 0 Å². The fraction of sp³-hybridized carbons (Fsp3) is 0.364. The topological polar surface area (TPSA) is 66.6 Å². The highest BCUT2D eigenvalue weighted by molar-refractivity contribution is 5.96. The first-order valence-electron chi connectivity index (χ1n) is 4.66. The standard InChI is InChI=1S/C11H16N2O2.ClH/c1-6-7(2)10(12)8(11(14)15)5-9(6)13(3)4;/h5H,12H2,1-4H3,(H,14,15);1H. The summed E-state index contributed by atoms with van der Waals surface area (Å²) in [6.45, 7) is 3.77. The molecule has 1 aromatic carbocycles. The molecule has 0 fully saturated rings. The Hall–Kier alpha value is -1.42. The van der Waals surface area contributed by atoms with Crippen molar-refractivity contribution in [3.05, 3.63) is 22.8 Å². The molecule has 0 saturated carbocycles. The number of carboxylic acids is 1. The average molecular weight is 245 g/mol. The van der Waals surface area contributed by atoms with Gasteiger partial charge in [-0.1, -0.05) is 0 Å². The second kappa shape index (κ2) is 5.07. The van der Waals surface area contributed by atoms with E-state index in [9.17, 15) is 4.79 Å². The Kier molecular flexibility index (Phi) is 4.62. The van der Waals surface area contributed by atoms with Crippen LogP contribution in [0.5, 0.6) is 0 Å². The van der Waals surface area contributed by atoms with Gasteiger partial charge >= 0.3 is 5.97 Å². The lowest BCUT2D eigenvalue weighted by atomic mass is 10.0. The van der Waals surface area contributed by atoms with Crippen LogP contribution in [0, 0.1) is 13.8 Å². The van der Waals surface area contributed by atoms with Crippen molar-refractivity contribution in [1.82, 2.24) is 0 Å². The normalized spacial score (nSPS) is 9.50. The maximum absolute atomic E-state index is 11.0. The zero-order chi connectivity index (χ0) is 11.7.